The van der Waals surface area contributed by atoms with Gasteiger partial charge in [0.15, 0.2) is 0 Å². The number of H-pyrrole nitrogens is 1. The number of anilines is 1. The molecule has 3 rings (SSSR count). The Balaban J connectivity index is 2.30. The fraction of sp³-hybridized carbons (Fsp3) is 0.429. The number of aromatic nitrogens is 1. The van der Waals surface area contributed by atoms with Crippen LogP contribution in [-0.4, -0.2) is 12.1 Å². The smallest absolute Gasteiger partial charge is 0.143 e. The standard InChI is InChI=1S/C14H18N2O/c1-17-12-8-7-10(15)13-9-5-3-2-4-6-11(9)16-14(12)13/h7-8,16H,2-6,15H2,1H3. The number of aryl methyl sites for hydroxylation is 2. The summed E-state index contributed by atoms with van der Waals surface area (Å²) >= 11 is 0. The zero-order valence-corrected chi connectivity index (χ0v) is 10.2. The van der Waals surface area contributed by atoms with Gasteiger partial charge in [-0.2, -0.15) is 0 Å². The normalized spacial score (nSPS) is 15.6. The van der Waals surface area contributed by atoms with Crippen LogP contribution in [0.1, 0.15) is 30.5 Å². The molecular formula is C14H18N2O. The summed E-state index contributed by atoms with van der Waals surface area (Å²) in [5.74, 6) is 0.891. The minimum atomic E-state index is 0.861. The molecule has 3 heteroatoms. The summed E-state index contributed by atoms with van der Waals surface area (Å²) in [5, 5.41) is 1.18. The van der Waals surface area contributed by atoms with E-state index in [4.69, 9.17) is 10.5 Å². The second-order valence-electron chi connectivity index (χ2n) is 4.75. The molecular weight excluding hydrogens is 212 g/mol. The van der Waals surface area contributed by atoms with E-state index in [0.717, 1.165) is 29.8 Å². The predicted molar refractivity (Wildman–Crippen MR) is 70.5 cm³/mol. The van der Waals surface area contributed by atoms with Gasteiger partial charge in [-0.25, -0.2) is 0 Å². The van der Waals surface area contributed by atoms with Gasteiger partial charge in [0.1, 0.15) is 5.75 Å². The molecule has 1 aromatic carbocycles. The molecule has 1 aromatic heterocycles. The monoisotopic (exact) mass is 230 g/mol. The fourth-order valence-corrected chi connectivity index (χ4v) is 2.87. The molecule has 0 radical (unpaired) electrons. The van der Waals surface area contributed by atoms with Gasteiger partial charge in [-0.15, -0.1) is 0 Å². The minimum absolute atomic E-state index is 0.861. The lowest BCUT2D eigenvalue weighted by Crippen LogP contribution is -1.91. The van der Waals surface area contributed by atoms with Crippen LogP contribution < -0.4 is 10.5 Å². The van der Waals surface area contributed by atoms with Crippen molar-refractivity contribution in [3.8, 4) is 5.75 Å². The molecule has 0 fully saturated rings. The summed E-state index contributed by atoms with van der Waals surface area (Å²) < 4.78 is 5.40. The number of hydrogen-bond donors (Lipinski definition) is 2. The Kier molecular flexibility index (Phi) is 2.46. The number of benzene rings is 1. The number of nitrogens with one attached hydrogen (secondary N) is 1. The average Bonchev–Trinajstić information content (AvgIpc) is 2.55. The van der Waals surface area contributed by atoms with Gasteiger partial charge in [0.05, 0.1) is 12.6 Å². The number of nitrogen functional groups attached to an aromatic ring is 1. The summed E-state index contributed by atoms with van der Waals surface area (Å²) in [6, 6.07) is 3.88. The highest BCUT2D eigenvalue weighted by molar-refractivity contribution is 5.98. The van der Waals surface area contributed by atoms with Crippen LogP contribution in [0.3, 0.4) is 0 Å². The van der Waals surface area contributed by atoms with Crippen LogP contribution in [0.2, 0.25) is 0 Å². The highest BCUT2D eigenvalue weighted by atomic mass is 16.5. The molecule has 0 spiro atoms. The SMILES string of the molecule is COc1ccc(N)c2c3c([nH]c12)CCCCC3. The van der Waals surface area contributed by atoms with Crippen molar-refractivity contribution >= 4 is 16.6 Å². The first-order valence-electron chi connectivity index (χ1n) is 6.27. The van der Waals surface area contributed by atoms with E-state index in [-0.39, 0.29) is 0 Å². The fourth-order valence-electron chi connectivity index (χ4n) is 2.87. The number of ether oxygens (including phenoxy) is 1. The number of methoxy groups -OCH3 is 1. The molecule has 0 atom stereocenters. The van der Waals surface area contributed by atoms with Crippen molar-refractivity contribution in [2.75, 3.05) is 12.8 Å². The zero-order valence-electron chi connectivity index (χ0n) is 10.2. The molecule has 3 N–H and O–H groups in total. The largest absolute Gasteiger partial charge is 0.495 e. The van der Waals surface area contributed by atoms with Gasteiger partial charge in [0.2, 0.25) is 0 Å². The third-order valence-electron chi connectivity index (χ3n) is 3.71. The van der Waals surface area contributed by atoms with E-state index < -0.39 is 0 Å². The first kappa shape index (κ1) is 10.5. The van der Waals surface area contributed by atoms with Crippen molar-refractivity contribution in [3.05, 3.63) is 23.4 Å². The third-order valence-corrected chi connectivity index (χ3v) is 3.71. The predicted octanol–water partition coefficient (Wildman–Crippen LogP) is 3.03. The van der Waals surface area contributed by atoms with Crippen LogP contribution in [-0.2, 0) is 12.8 Å². The van der Waals surface area contributed by atoms with Crippen molar-refractivity contribution in [2.45, 2.75) is 32.1 Å². The minimum Gasteiger partial charge on any atom is -0.495 e. The van der Waals surface area contributed by atoms with Gasteiger partial charge in [0.25, 0.3) is 0 Å². The Hall–Kier alpha value is -1.64. The van der Waals surface area contributed by atoms with Crippen LogP contribution in [0.5, 0.6) is 5.75 Å². The molecule has 1 aliphatic rings. The lowest BCUT2D eigenvalue weighted by molar-refractivity contribution is 0.419. The van der Waals surface area contributed by atoms with Crippen molar-refractivity contribution < 1.29 is 4.74 Å². The lowest BCUT2D eigenvalue weighted by Gasteiger charge is -2.05. The Bertz CT molecular complexity index is 557. The van der Waals surface area contributed by atoms with E-state index in [9.17, 15) is 0 Å². The van der Waals surface area contributed by atoms with Crippen LogP contribution in [0.25, 0.3) is 10.9 Å². The molecule has 17 heavy (non-hydrogen) atoms. The molecule has 0 bridgehead atoms. The Morgan fingerprint density at radius 3 is 2.82 bits per heavy atom. The van der Waals surface area contributed by atoms with Gasteiger partial charge in [-0.05, 0) is 43.4 Å². The van der Waals surface area contributed by atoms with Crippen molar-refractivity contribution in [1.29, 1.82) is 0 Å². The van der Waals surface area contributed by atoms with Crippen LogP contribution in [0.4, 0.5) is 5.69 Å². The maximum absolute atomic E-state index is 6.12. The quantitative estimate of drug-likeness (QED) is 0.584. The Morgan fingerprint density at radius 2 is 2.00 bits per heavy atom. The van der Waals surface area contributed by atoms with Gasteiger partial charge in [-0.1, -0.05) is 6.42 Å². The van der Waals surface area contributed by atoms with Crippen LogP contribution in [0, 0.1) is 0 Å². The van der Waals surface area contributed by atoms with E-state index in [1.807, 2.05) is 12.1 Å². The maximum Gasteiger partial charge on any atom is 0.143 e. The molecule has 2 aromatic rings. The summed E-state index contributed by atoms with van der Waals surface area (Å²) in [6.45, 7) is 0. The molecule has 0 saturated heterocycles. The summed E-state index contributed by atoms with van der Waals surface area (Å²) in [7, 11) is 1.71. The number of hydrogen-bond acceptors (Lipinski definition) is 2. The van der Waals surface area contributed by atoms with E-state index in [0.29, 0.717) is 0 Å². The van der Waals surface area contributed by atoms with E-state index in [1.54, 1.807) is 7.11 Å². The summed E-state index contributed by atoms with van der Waals surface area (Å²) in [6.07, 6.45) is 6.10. The summed E-state index contributed by atoms with van der Waals surface area (Å²) in [4.78, 5) is 3.51. The van der Waals surface area contributed by atoms with E-state index in [1.165, 1.54) is 35.9 Å². The topological polar surface area (TPSA) is 51.0 Å². The average molecular weight is 230 g/mol. The van der Waals surface area contributed by atoms with Gasteiger partial charge in [0, 0.05) is 16.8 Å². The first-order valence-corrected chi connectivity index (χ1v) is 6.27. The number of aromatic amines is 1. The van der Waals surface area contributed by atoms with Crippen LogP contribution in [0.15, 0.2) is 12.1 Å². The second kappa shape index (κ2) is 3.99. The Labute approximate surface area is 101 Å². The molecule has 1 heterocycles. The number of rotatable bonds is 1. The molecule has 0 saturated carbocycles. The first-order chi connectivity index (χ1) is 8.31. The molecule has 3 nitrogen and oxygen atoms in total. The van der Waals surface area contributed by atoms with Crippen molar-refractivity contribution in [3.63, 3.8) is 0 Å². The van der Waals surface area contributed by atoms with E-state index >= 15 is 0 Å². The molecule has 0 aliphatic heterocycles. The lowest BCUT2D eigenvalue weighted by atomic mass is 10.0. The highest BCUT2D eigenvalue weighted by Crippen LogP contribution is 2.36. The van der Waals surface area contributed by atoms with Gasteiger partial charge < -0.3 is 15.5 Å². The zero-order chi connectivity index (χ0) is 11.8. The molecule has 0 unspecified atom stereocenters. The number of fused-ring (bicyclic) bond motifs is 3. The van der Waals surface area contributed by atoms with E-state index in [2.05, 4.69) is 4.98 Å². The van der Waals surface area contributed by atoms with Crippen molar-refractivity contribution in [2.24, 2.45) is 0 Å². The second-order valence-corrected chi connectivity index (χ2v) is 4.75. The van der Waals surface area contributed by atoms with Gasteiger partial charge >= 0.3 is 0 Å². The van der Waals surface area contributed by atoms with Crippen molar-refractivity contribution in [1.82, 2.24) is 4.98 Å². The number of nitrogens with two attached hydrogens (primary N) is 1. The summed E-state index contributed by atoms with van der Waals surface area (Å²) in [5.41, 5.74) is 10.8. The molecule has 1 aliphatic carbocycles. The van der Waals surface area contributed by atoms with Gasteiger partial charge in [-0.3, -0.25) is 0 Å². The Morgan fingerprint density at radius 1 is 1.18 bits per heavy atom. The van der Waals surface area contributed by atoms with Crippen LogP contribution >= 0.6 is 0 Å². The molecule has 90 valence electrons. The maximum atomic E-state index is 6.12. The highest BCUT2D eigenvalue weighted by Gasteiger charge is 2.18. The molecule has 0 amide bonds. The third kappa shape index (κ3) is 1.57.